The highest BCUT2D eigenvalue weighted by molar-refractivity contribution is 8.00. The van der Waals surface area contributed by atoms with Gasteiger partial charge in [0.15, 0.2) is 5.16 Å². The quantitative estimate of drug-likeness (QED) is 0.792. The molecule has 0 bridgehead atoms. The van der Waals surface area contributed by atoms with Crippen LogP contribution in [-0.2, 0) is 11.3 Å². The Labute approximate surface area is 136 Å². The van der Waals surface area contributed by atoms with Gasteiger partial charge in [0.2, 0.25) is 5.91 Å². The van der Waals surface area contributed by atoms with Crippen LogP contribution in [0.5, 0.6) is 0 Å². The molecule has 1 amide bonds. The number of para-hydroxylation sites is 2. The number of thioether (sulfide) groups is 1. The predicted molar refractivity (Wildman–Crippen MR) is 93.2 cm³/mol. The highest BCUT2D eigenvalue weighted by atomic mass is 32.2. The van der Waals surface area contributed by atoms with E-state index in [-0.39, 0.29) is 11.2 Å². The first-order chi connectivity index (χ1) is 10.5. The van der Waals surface area contributed by atoms with Crippen LogP contribution in [0, 0.1) is 5.92 Å². The molecule has 0 fully saturated rings. The molecule has 2 rings (SSSR count). The first kappa shape index (κ1) is 16.9. The third-order valence-corrected chi connectivity index (χ3v) is 4.70. The van der Waals surface area contributed by atoms with Crippen molar-refractivity contribution in [3.63, 3.8) is 0 Å². The Balaban J connectivity index is 2.05. The molecule has 120 valence electrons. The van der Waals surface area contributed by atoms with Gasteiger partial charge < -0.3 is 9.88 Å². The van der Waals surface area contributed by atoms with Crippen molar-refractivity contribution in [3.8, 4) is 0 Å². The zero-order valence-corrected chi connectivity index (χ0v) is 14.6. The van der Waals surface area contributed by atoms with Crippen LogP contribution in [0.1, 0.15) is 34.1 Å². The Hall–Kier alpha value is -1.49. The molecular weight excluding hydrogens is 294 g/mol. The van der Waals surface area contributed by atoms with Crippen LogP contribution in [0.15, 0.2) is 29.4 Å². The van der Waals surface area contributed by atoms with Gasteiger partial charge in [-0.2, -0.15) is 0 Å². The summed E-state index contributed by atoms with van der Waals surface area (Å²) in [6, 6.07) is 8.10. The van der Waals surface area contributed by atoms with Gasteiger partial charge in [0.05, 0.1) is 16.3 Å². The lowest BCUT2D eigenvalue weighted by molar-refractivity contribution is -0.120. The number of aryl methyl sites for hydroxylation is 1. The Kier molecular flexibility index (Phi) is 5.89. The lowest BCUT2D eigenvalue weighted by atomic mass is 10.1. The Morgan fingerprint density at radius 3 is 2.73 bits per heavy atom. The van der Waals surface area contributed by atoms with E-state index in [9.17, 15) is 4.79 Å². The number of aromatic nitrogens is 2. The highest BCUT2D eigenvalue weighted by Gasteiger charge is 2.18. The molecule has 1 aromatic carbocycles. The molecule has 1 atom stereocenters. The minimum atomic E-state index is -0.144. The maximum absolute atomic E-state index is 12.2. The molecule has 1 heterocycles. The number of fused-ring (bicyclic) bond motifs is 1. The van der Waals surface area contributed by atoms with Gasteiger partial charge in [0.25, 0.3) is 0 Å². The van der Waals surface area contributed by atoms with Crippen LogP contribution in [0.2, 0.25) is 0 Å². The van der Waals surface area contributed by atoms with Crippen LogP contribution in [0.4, 0.5) is 0 Å². The van der Waals surface area contributed by atoms with Crippen LogP contribution < -0.4 is 5.32 Å². The van der Waals surface area contributed by atoms with Gasteiger partial charge in [-0.25, -0.2) is 4.98 Å². The van der Waals surface area contributed by atoms with E-state index in [1.807, 2.05) is 25.1 Å². The molecule has 0 spiro atoms. The predicted octanol–water partition coefficient (Wildman–Crippen LogP) is 3.70. The molecule has 1 aromatic heterocycles. The molecule has 2 aromatic rings. The van der Waals surface area contributed by atoms with Crippen LogP contribution in [-0.4, -0.2) is 27.3 Å². The summed E-state index contributed by atoms with van der Waals surface area (Å²) < 4.78 is 2.16. The van der Waals surface area contributed by atoms with Crippen LogP contribution >= 0.6 is 11.8 Å². The van der Waals surface area contributed by atoms with E-state index < -0.39 is 0 Å². The van der Waals surface area contributed by atoms with Crippen molar-refractivity contribution in [1.29, 1.82) is 0 Å². The number of benzene rings is 1. The summed E-state index contributed by atoms with van der Waals surface area (Å²) in [6.45, 7) is 9.96. The van der Waals surface area contributed by atoms with E-state index in [0.717, 1.165) is 35.7 Å². The number of amides is 1. The number of rotatable bonds is 7. The summed E-state index contributed by atoms with van der Waals surface area (Å²) >= 11 is 1.53. The summed E-state index contributed by atoms with van der Waals surface area (Å²) in [6.07, 6.45) is 1.01. The standard InChI is InChI=1S/C17H25N3OS/c1-5-20-15-9-7-6-8-14(15)19-17(20)22-13(4)16(21)18-11-10-12(2)3/h6-9,12-13H,5,10-11H2,1-4H3,(H,18,21). The van der Waals surface area contributed by atoms with Crippen molar-refractivity contribution in [2.24, 2.45) is 5.92 Å². The van der Waals surface area contributed by atoms with Gasteiger partial charge in [-0.1, -0.05) is 37.7 Å². The Morgan fingerprint density at radius 2 is 2.05 bits per heavy atom. The van der Waals surface area contributed by atoms with Gasteiger partial charge in [0.1, 0.15) is 0 Å². The SMILES string of the molecule is CCn1c(SC(C)C(=O)NCCC(C)C)nc2ccccc21. The highest BCUT2D eigenvalue weighted by Crippen LogP contribution is 2.27. The Bertz CT molecular complexity index is 636. The normalized spacial score (nSPS) is 12.8. The fourth-order valence-electron chi connectivity index (χ4n) is 2.29. The van der Waals surface area contributed by atoms with Crippen molar-refractivity contribution < 1.29 is 4.79 Å². The molecular formula is C17H25N3OS. The fraction of sp³-hybridized carbons (Fsp3) is 0.529. The molecule has 1 unspecified atom stereocenters. The van der Waals surface area contributed by atoms with Gasteiger partial charge in [-0.15, -0.1) is 0 Å². The first-order valence-corrected chi connectivity index (χ1v) is 8.80. The largest absolute Gasteiger partial charge is 0.355 e. The van der Waals surface area contributed by atoms with Gasteiger partial charge in [0, 0.05) is 13.1 Å². The molecule has 0 saturated carbocycles. The number of carbonyl (C=O) groups is 1. The van der Waals surface area contributed by atoms with Crippen LogP contribution in [0.3, 0.4) is 0 Å². The number of imidazole rings is 1. The second-order valence-electron chi connectivity index (χ2n) is 5.86. The summed E-state index contributed by atoms with van der Waals surface area (Å²) in [4.78, 5) is 16.8. The zero-order valence-electron chi connectivity index (χ0n) is 13.8. The summed E-state index contributed by atoms with van der Waals surface area (Å²) in [5, 5.41) is 3.78. The van der Waals surface area contributed by atoms with Gasteiger partial charge in [-0.3, -0.25) is 4.79 Å². The number of carbonyl (C=O) groups excluding carboxylic acids is 1. The topological polar surface area (TPSA) is 46.9 Å². The zero-order chi connectivity index (χ0) is 16.1. The maximum Gasteiger partial charge on any atom is 0.233 e. The van der Waals surface area contributed by atoms with Gasteiger partial charge in [-0.05, 0) is 38.3 Å². The van der Waals surface area contributed by atoms with Crippen molar-refractivity contribution in [2.45, 2.75) is 51.1 Å². The second-order valence-corrected chi connectivity index (χ2v) is 7.17. The van der Waals surface area contributed by atoms with E-state index >= 15 is 0 Å². The molecule has 0 aliphatic rings. The Morgan fingerprint density at radius 1 is 1.32 bits per heavy atom. The molecule has 22 heavy (non-hydrogen) atoms. The van der Waals surface area contributed by atoms with Crippen molar-refractivity contribution in [2.75, 3.05) is 6.54 Å². The first-order valence-electron chi connectivity index (χ1n) is 7.92. The monoisotopic (exact) mass is 319 g/mol. The second kappa shape index (κ2) is 7.68. The molecule has 0 aliphatic carbocycles. The number of hydrogen-bond acceptors (Lipinski definition) is 3. The van der Waals surface area contributed by atoms with Crippen molar-refractivity contribution in [1.82, 2.24) is 14.9 Å². The van der Waals surface area contributed by atoms with Gasteiger partial charge >= 0.3 is 0 Å². The molecule has 0 aliphatic heterocycles. The minimum absolute atomic E-state index is 0.0837. The molecule has 0 saturated heterocycles. The fourth-order valence-corrected chi connectivity index (χ4v) is 3.30. The minimum Gasteiger partial charge on any atom is -0.355 e. The summed E-state index contributed by atoms with van der Waals surface area (Å²) in [5.74, 6) is 0.688. The average molecular weight is 319 g/mol. The summed E-state index contributed by atoms with van der Waals surface area (Å²) in [5.41, 5.74) is 2.11. The maximum atomic E-state index is 12.2. The van der Waals surface area contributed by atoms with E-state index in [0.29, 0.717) is 5.92 Å². The molecule has 0 radical (unpaired) electrons. The molecule has 5 heteroatoms. The number of nitrogens with zero attached hydrogens (tertiary/aromatic N) is 2. The smallest absolute Gasteiger partial charge is 0.233 e. The molecule has 4 nitrogen and oxygen atoms in total. The van der Waals surface area contributed by atoms with E-state index in [1.165, 1.54) is 11.8 Å². The third-order valence-electron chi connectivity index (χ3n) is 3.61. The molecule has 1 N–H and O–H groups in total. The van der Waals surface area contributed by atoms with Crippen LogP contribution in [0.25, 0.3) is 11.0 Å². The van der Waals surface area contributed by atoms with E-state index in [1.54, 1.807) is 0 Å². The third kappa shape index (κ3) is 4.03. The van der Waals surface area contributed by atoms with Crippen molar-refractivity contribution >= 4 is 28.7 Å². The number of hydrogen-bond donors (Lipinski definition) is 1. The lowest BCUT2D eigenvalue weighted by Gasteiger charge is -2.13. The van der Waals surface area contributed by atoms with E-state index in [2.05, 4.69) is 41.7 Å². The average Bonchev–Trinajstić information content (AvgIpc) is 2.83. The summed E-state index contributed by atoms with van der Waals surface area (Å²) in [7, 11) is 0. The number of nitrogens with one attached hydrogen (secondary N) is 1. The van der Waals surface area contributed by atoms with Crippen molar-refractivity contribution in [3.05, 3.63) is 24.3 Å². The lowest BCUT2D eigenvalue weighted by Crippen LogP contribution is -2.32. The van der Waals surface area contributed by atoms with E-state index in [4.69, 9.17) is 0 Å².